The average Bonchev–Trinajstić information content (AvgIpc) is 3.13. The lowest BCUT2D eigenvalue weighted by atomic mass is 9.59. The van der Waals surface area contributed by atoms with Crippen LogP contribution in [0.5, 0.6) is 0 Å². The van der Waals surface area contributed by atoms with Gasteiger partial charge in [0.1, 0.15) is 12.4 Å². The molecule has 4 bridgehead atoms. The van der Waals surface area contributed by atoms with Crippen LogP contribution in [-0.4, -0.2) is 44.7 Å². The van der Waals surface area contributed by atoms with Gasteiger partial charge >= 0.3 is 11.9 Å². The summed E-state index contributed by atoms with van der Waals surface area (Å²) in [7, 11) is 3.03. The molecule has 0 amide bonds. The van der Waals surface area contributed by atoms with Gasteiger partial charge in [-0.1, -0.05) is 12.2 Å². The zero-order valence-corrected chi connectivity index (χ0v) is 17.0. The van der Waals surface area contributed by atoms with E-state index in [9.17, 15) is 9.59 Å². The molecule has 6 heteroatoms. The van der Waals surface area contributed by atoms with Crippen LogP contribution in [0.3, 0.4) is 0 Å². The second-order valence-electron chi connectivity index (χ2n) is 9.81. The van der Waals surface area contributed by atoms with Crippen LogP contribution in [0.15, 0.2) is 12.2 Å². The van der Waals surface area contributed by atoms with Crippen molar-refractivity contribution in [3.05, 3.63) is 12.2 Å². The van der Waals surface area contributed by atoms with Gasteiger partial charge in [0.2, 0.25) is 0 Å². The van der Waals surface area contributed by atoms with Crippen molar-refractivity contribution in [2.75, 3.05) is 21.0 Å². The maximum atomic E-state index is 13.2. The maximum Gasteiger partial charge on any atom is 0.315 e. The molecule has 8 atom stereocenters. The number of rotatable bonds is 4. The SMILES string of the molecule is C=C1C[C@]23C[C@H]1CC[C@H]2[C@@]12CC[C@H](OCOC)[C@@](C)(C(=O)O1)[C@H]2[C@@H]3C(=O)OC. The molecule has 5 fully saturated rings. The Morgan fingerprint density at radius 2 is 2.07 bits per heavy atom. The van der Waals surface area contributed by atoms with Gasteiger partial charge in [-0.2, -0.15) is 0 Å². The molecule has 0 aromatic heterocycles. The number of ether oxygens (including phenoxy) is 4. The Morgan fingerprint density at radius 3 is 2.79 bits per heavy atom. The van der Waals surface area contributed by atoms with Crippen LogP contribution in [0.2, 0.25) is 0 Å². The normalized spacial score (nSPS) is 50.9. The van der Waals surface area contributed by atoms with E-state index in [1.807, 2.05) is 6.92 Å². The third-order valence-corrected chi connectivity index (χ3v) is 9.00. The Hall–Kier alpha value is -1.40. The van der Waals surface area contributed by atoms with Crippen molar-refractivity contribution in [2.24, 2.45) is 34.5 Å². The van der Waals surface area contributed by atoms with Crippen molar-refractivity contribution in [3.63, 3.8) is 0 Å². The van der Waals surface area contributed by atoms with Crippen LogP contribution in [0.4, 0.5) is 0 Å². The number of fused-ring (bicyclic) bond motifs is 1. The highest BCUT2D eigenvalue weighted by molar-refractivity contribution is 5.85. The van der Waals surface area contributed by atoms with Crippen molar-refractivity contribution in [1.82, 2.24) is 0 Å². The van der Waals surface area contributed by atoms with E-state index in [1.54, 1.807) is 7.11 Å². The van der Waals surface area contributed by atoms with E-state index in [2.05, 4.69) is 6.58 Å². The minimum Gasteiger partial charge on any atom is -0.469 e. The third-order valence-electron chi connectivity index (χ3n) is 9.00. The molecule has 1 saturated heterocycles. The summed E-state index contributed by atoms with van der Waals surface area (Å²) in [5, 5.41) is 0. The van der Waals surface area contributed by atoms with Gasteiger partial charge in [0, 0.05) is 18.9 Å². The molecule has 154 valence electrons. The summed E-state index contributed by atoms with van der Waals surface area (Å²) in [6, 6.07) is 0. The summed E-state index contributed by atoms with van der Waals surface area (Å²) in [4.78, 5) is 26.5. The second-order valence-corrected chi connectivity index (χ2v) is 9.81. The van der Waals surface area contributed by atoms with Gasteiger partial charge in [0.15, 0.2) is 0 Å². The standard InChI is InChI=1S/C22H30O6/c1-12-9-21-10-13(12)5-6-14(21)22-8-7-15(27-11-25-3)20(2,19(24)28-22)17(22)16(21)18(23)26-4/h13-17H,1,5-11H2,2-4H3/t13-,14-,15+,16-,17-,20-,21+,22-/m1/s1. The fourth-order valence-electron chi connectivity index (χ4n) is 8.16. The topological polar surface area (TPSA) is 71.1 Å². The number of allylic oxidation sites excluding steroid dienone is 1. The van der Waals surface area contributed by atoms with Crippen LogP contribution in [0.25, 0.3) is 0 Å². The predicted molar refractivity (Wildman–Crippen MR) is 98.9 cm³/mol. The molecule has 0 unspecified atom stereocenters. The highest BCUT2D eigenvalue weighted by Gasteiger charge is 2.83. The highest BCUT2D eigenvalue weighted by Crippen LogP contribution is 2.78. The first-order chi connectivity index (χ1) is 13.3. The largest absolute Gasteiger partial charge is 0.469 e. The van der Waals surface area contributed by atoms with E-state index >= 15 is 0 Å². The highest BCUT2D eigenvalue weighted by atomic mass is 16.7. The number of hydrogen-bond donors (Lipinski definition) is 0. The predicted octanol–water partition coefficient (Wildman–Crippen LogP) is 2.85. The summed E-state index contributed by atoms with van der Waals surface area (Å²) in [6.45, 7) is 6.40. The second kappa shape index (κ2) is 5.82. The minimum atomic E-state index is -0.860. The summed E-state index contributed by atoms with van der Waals surface area (Å²) in [6.07, 6.45) is 5.04. The molecule has 1 aliphatic heterocycles. The van der Waals surface area contributed by atoms with Gasteiger partial charge in [0.25, 0.3) is 0 Å². The Labute approximate surface area is 165 Å². The molecule has 4 saturated carbocycles. The van der Waals surface area contributed by atoms with Crippen LogP contribution >= 0.6 is 0 Å². The zero-order valence-electron chi connectivity index (χ0n) is 17.0. The van der Waals surface area contributed by atoms with Crippen LogP contribution in [0.1, 0.15) is 45.4 Å². The lowest BCUT2D eigenvalue weighted by molar-refractivity contribution is -0.171. The van der Waals surface area contributed by atoms with E-state index in [0.29, 0.717) is 5.92 Å². The summed E-state index contributed by atoms with van der Waals surface area (Å²) in [5.41, 5.74) is -0.379. The first-order valence-corrected chi connectivity index (χ1v) is 10.4. The van der Waals surface area contributed by atoms with E-state index in [0.717, 1.165) is 38.5 Å². The Kier molecular flexibility index (Phi) is 3.87. The van der Waals surface area contributed by atoms with Gasteiger partial charge in [-0.3, -0.25) is 9.59 Å². The quantitative estimate of drug-likeness (QED) is 0.418. The number of hydrogen-bond acceptors (Lipinski definition) is 6. The molecule has 0 N–H and O–H groups in total. The first kappa shape index (κ1) is 18.6. The van der Waals surface area contributed by atoms with Crippen LogP contribution in [0, 0.1) is 34.5 Å². The van der Waals surface area contributed by atoms with E-state index < -0.39 is 11.0 Å². The maximum absolute atomic E-state index is 13.2. The van der Waals surface area contributed by atoms with Gasteiger partial charge in [-0.25, -0.2) is 0 Å². The fourth-order valence-corrected chi connectivity index (χ4v) is 8.16. The van der Waals surface area contributed by atoms with Crippen LogP contribution in [-0.2, 0) is 28.5 Å². The molecule has 4 aliphatic carbocycles. The molecular formula is C22H30O6. The molecule has 5 rings (SSSR count). The van der Waals surface area contributed by atoms with Gasteiger partial charge in [-0.05, 0) is 56.8 Å². The molecule has 1 spiro atoms. The van der Waals surface area contributed by atoms with Crippen molar-refractivity contribution in [1.29, 1.82) is 0 Å². The Bertz CT molecular complexity index is 747. The van der Waals surface area contributed by atoms with Crippen LogP contribution < -0.4 is 0 Å². The van der Waals surface area contributed by atoms with Crippen molar-refractivity contribution < 1.29 is 28.5 Å². The van der Waals surface area contributed by atoms with Gasteiger partial charge < -0.3 is 18.9 Å². The zero-order chi connectivity index (χ0) is 19.9. The number of carbonyl (C=O) groups is 2. The van der Waals surface area contributed by atoms with Gasteiger partial charge in [0.05, 0.1) is 24.5 Å². The molecular weight excluding hydrogens is 360 g/mol. The molecule has 0 radical (unpaired) electrons. The lowest BCUT2D eigenvalue weighted by Gasteiger charge is -2.45. The number of methoxy groups -OCH3 is 2. The minimum absolute atomic E-state index is 0.129. The molecule has 0 aromatic rings. The summed E-state index contributed by atoms with van der Waals surface area (Å²) < 4.78 is 22.7. The Balaban J connectivity index is 1.67. The first-order valence-electron chi connectivity index (χ1n) is 10.4. The molecule has 5 aliphatic rings. The fraction of sp³-hybridized carbons (Fsp3) is 0.818. The van der Waals surface area contributed by atoms with E-state index in [-0.39, 0.29) is 48.0 Å². The third kappa shape index (κ3) is 1.91. The van der Waals surface area contributed by atoms with Crippen molar-refractivity contribution in [3.8, 4) is 0 Å². The molecule has 28 heavy (non-hydrogen) atoms. The molecule has 6 nitrogen and oxygen atoms in total. The molecule has 0 aromatic carbocycles. The molecule has 1 heterocycles. The summed E-state index contributed by atoms with van der Waals surface area (Å²) in [5.74, 6) is -0.329. The smallest absolute Gasteiger partial charge is 0.315 e. The Morgan fingerprint density at radius 1 is 1.29 bits per heavy atom. The number of esters is 2. The average molecular weight is 390 g/mol. The lowest BCUT2D eigenvalue weighted by Crippen LogP contribution is -2.54. The van der Waals surface area contributed by atoms with Crippen molar-refractivity contribution in [2.45, 2.75) is 57.2 Å². The summed E-state index contributed by atoms with van der Waals surface area (Å²) >= 11 is 0. The number of carbonyl (C=O) groups excluding carboxylic acids is 2. The van der Waals surface area contributed by atoms with Gasteiger partial charge in [-0.15, -0.1) is 0 Å². The van der Waals surface area contributed by atoms with E-state index in [1.165, 1.54) is 12.7 Å². The van der Waals surface area contributed by atoms with E-state index in [4.69, 9.17) is 18.9 Å². The monoisotopic (exact) mass is 390 g/mol. The van der Waals surface area contributed by atoms with Crippen molar-refractivity contribution >= 4 is 11.9 Å².